The largest absolute Gasteiger partial charge is 0.502 e. The molecule has 0 bridgehead atoms. The molecule has 2 atom stereocenters. The second-order valence-electron chi connectivity index (χ2n) is 5.79. The van der Waals surface area contributed by atoms with Crippen molar-refractivity contribution in [2.24, 2.45) is 5.92 Å². The molecule has 1 aromatic carbocycles. The summed E-state index contributed by atoms with van der Waals surface area (Å²) in [5.74, 6) is 1.76. The van der Waals surface area contributed by atoms with E-state index in [1.807, 2.05) is 12.1 Å². The van der Waals surface area contributed by atoms with Crippen LogP contribution in [0.4, 0.5) is 0 Å². The predicted octanol–water partition coefficient (Wildman–Crippen LogP) is 3.47. The van der Waals surface area contributed by atoms with Crippen LogP contribution in [0.3, 0.4) is 0 Å². The first-order valence-electron chi connectivity index (χ1n) is 7.86. The third-order valence-corrected chi connectivity index (χ3v) is 4.54. The number of phenols is 1. The Morgan fingerprint density at radius 1 is 1.14 bits per heavy atom. The Morgan fingerprint density at radius 3 is 2.33 bits per heavy atom. The molecule has 2 N–H and O–H groups in total. The number of hydrogen-bond acceptors (Lipinski definition) is 4. The van der Waals surface area contributed by atoms with Crippen molar-refractivity contribution in [1.82, 2.24) is 5.32 Å². The van der Waals surface area contributed by atoms with Gasteiger partial charge in [-0.25, -0.2) is 0 Å². The number of methoxy groups -OCH3 is 2. The fourth-order valence-electron chi connectivity index (χ4n) is 3.26. The van der Waals surface area contributed by atoms with E-state index >= 15 is 0 Å². The van der Waals surface area contributed by atoms with E-state index in [0.717, 1.165) is 18.0 Å². The van der Waals surface area contributed by atoms with Crippen LogP contribution in [0.2, 0.25) is 0 Å². The van der Waals surface area contributed by atoms with Gasteiger partial charge in [0.05, 0.1) is 14.2 Å². The topological polar surface area (TPSA) is 50.7 Å². The Labute approximate surface area is 127 Å². The number of phenolic OH excluding ortho intramolecular Hbond substituents is 1. The molecule has 118 valence electrons. The molecule has 21 heavy (non-hydrogen) atoms. The van der Waals surface area contributed by atoms with Gasteiger partial charge in [-0.1, -0.05) is 26.2 Å². The molecule has 1 aliphatic carbocycles. The van der Waals surface area contributed by atoms with Crippen LogP contribution in [0.1, 0.15) is 44.6 Å². The number of rotatable bonds is 6. The van der Waals surface area contributed by atoms with Crippen molar-refractivity contribution >= 4 is 0 Å². The fourth-order valence-corrected chi connectivity index (χ4v) is 3.26. The minimum Gasteiger partial charge on any atom is -0.502 e. The lowest BCUT2D eigenvalue weighted by Crippen LogP contribution is -2.37. The van der Waals surface area contributed by atoms with Gasteiger partial charge >= 0.3 is 0 Å². The highest BCUT2D eigenvalue weighted by molar-refractivity contribution is 5.52. The molecule has 0 spiro atoms. The van der Waals surface area contributed by atoms with Crippen LogP contribution in [0, 0.1) is 5.92 Å². The van der Waals surface area contributed by atoms with Crippen LogP contribution >= 0.6 is 0 Å². The minimum atomic E-state index is 0.0628. The van der Waals surface area contributed by atoms with Crippen molar-refractivity contribution in [3.63, 3.8) is 0 Å². The number of nitrogens with one attached hydrogen (secondary N) is 1. The van der Waals surface area contributed by atoms with E-state index in [-0.39, 0.29) is 5.75 Å². The lowest BCUT2D eigenvalue weighted by atomic mass is 9.83. The second kappa shape index (κ2) is 7.55. The molecule has 0 heterocycles. The van der Waals surface area contributed by atoms with E-state index in [2.05, 4.69) is 12.2 Å². The van der Waals surface area contributed by atoms with E-state index in [1.54, 1.807) is 14.2 Å². The smallest absolute Gasteiger partial charge is 0.200 e. The first-order valence-corrected chi connectivity index (χ1v) is 7.86. The van der Waals surface area contributed by atoms with Gasteiger partial charge in [-0.15, -0.1) is 0 Å². The lowest BCUT2D eigenvalue weighted by Gasteiger charge is -2.31. The number of ether oxygens (including phenoxy) is 2. The van der Waals surface area contributed by atoms with E-state index in [9.17, 15) is 5.11 Å². The zero-order valence-electron chi connectivity index (χ0n) is 13.3. The maximum atomic E-state index is 9.94. The quantitative estimate of drug-likeness (QED) is 0.843. The van der Waals surface area contributed by atoms with Gasteiger partial charge in [0.15, 0.2) is 11.5 Å². The molecule has 0 radical (unpaired) electrons. The van der Waals surface area contributed by atoms with Crippen molar-refractivity contribution in [3.05, 3.63) is 17.7 Å². The fraction of sp³-hybridized carbons (Fsp3) is 0.647. The van der Waals surface area contributed by atoms with E-state index in [1.165, 1.54) is 32.1 Å². The zero-order chi connectivity index (χ0) is 15.2. The van der Waals surface area contributed by atoms with Crippen LogP contribution in [0.5, 0.6) is 17.2 Å². The molecule has 0 saturated heterocycles. The molecule has 0 aromatic heterocycles. The van der Waals surface area contributed by atoms with E-state index in [4.69, 9.17) is 9.47 Å². The Balaban J connectivity index is 2.05. The average Bonchev–Trinajstić information content (AvgIpc) is 2.54. The van der Waals surface area contributed by atoms with Crippen LogP contribution in [-0.2, 0) is 6.54 Å². The monoisotopic (exact) mass is 293 g/mol. The highest BCUT2D eigenvalue weighted by atomic mass is 16.5. The molecule has 2 rings (SSSR count). The maximum absolute atomic E-state index is 9.94. The van der Waals surface area contributed by atoms with Crippen molar-refractivity contribution < 1.29 is 14.6 Å². The Morgan fingerprint density at radius 2 is 1.76 bits per heavy atom. The summed E-state index contributed by atoms with van der Waals surface area (Å²) in [5.41, 5.74) is 1.07. The Kier molecular flexibility index (Phi) is 5.74. The Bertz CT molecular complexity index is 436. The molecule has 1 aromatic rings. The molecule has 4 heteroatoms. The zero-order valence-corrected chi connectivity index (χ0v) is 13.3. The summed E-state index contributed by atoms with van der Waals surface area (Å²) in [6, 6.07) is 4.33. The van der Waals surface area contributed by atoms with Crippen LogP contribution in [0.25, 0.3) is 0 Å². The lowest BCUT2D eigenvalue weighted by molar-refractivity contribution is 0.254. The molecular formula is C17H27NO3. The third-order valence-electron chi connectivity index (χ3n) is 4.54. The van der Waals surface area contributed by atoms with Gasteiger partial charge in [-0.05, 0) is 36.5 Å². The second-order valence-corrected chi connectivity index (χ2v) is 5.79. The molecule has 2 unspecified atom stereocenters. The van der Waals surface area contributed by atoms with Crippen LogP contribution in [-0.4, -0.2) is 25.4 Å². The van der Waals surface area contributed by atoms with E-state index < -0.39 is 0 Å². The molecular weight excluding hydrogens is 266 g/mol. The molecule has 0 aliphatic heterocycles. The minimum absolute atomic E-state index is 0.0628. The van der Waals surface area contributed by atoms with Gasteiger partial charge in [0.25, 0.3) is 0 Å². The summed E-state index contributed by atoms with van der Waals surface area (Å²) in [5, 5.41) is 13.6. The summed E-state index contributed by atoms with van der Waals surface area (Å²) in [6.07, 6.45) is 6.50. The van der Waals surface area contributed by atoms with Crippen molar-refractivity contribution in [2.45, 2.75) is 51.6 Å². The summed E-state index contributed by atoms with van der Waals surface area (Å²) in [7, 11) is 3.11. The van der Waals surface area contributed by atoms with Gasteiger partial charge in [0.2, 0.25) is 5.75 Å². The highest BCUT2D eigenvalue weighted by Gasteiger charge is 2.23. The highest BCUT2D eigenvalue weighted by Crippen LogP contribution is 2.37. The average molecular weight is 293 g/mol. The van der Waals surface area contributed by atoms with Gasteiger partial charge in [0.1, 0.15) is 0 Å². The number of aromatic hydroxyl groups is 1. The summed E-state index contributed by atoms with van der Waals surface area (Å²) in [6.45, 7) is 3.05. The van der Waals surface area contributed by atoms with Crippen molar-refractivity contribution in [3.8, 4) is 17.2 Å². The maximum Gasteiger partial charge on any atom is 0.200 e. The Hall–Kier alpha value is -1.42. The van der Waals surface area contributed by atoms with Crippen molar-refractivity contribution in [1.29, 1.82) is 0 Å². The molecule has 4 nitrogen and oxygen atoms in total. The van der Waals surface area contributed by atoms with Gasteiger partial charge < -0.3 is 19.9 Å². The van der Waals surface area contributed by atoms with Gasteiger partial charge in [-0.3, -0.25) is 0 Å². The summed E-state index contributed by atoms with van der Waals surface area (Å²) in [4.78, 5) is 0. The summed E-state index contributed by atoms with van der Waals surface area (Å²) >= 11 is 0. The number of hydrogen-bond donors (Lipinski definition) is 2. The predicted molar refractivity (Wildman–Crippen MR) is 84.1 cm³/mol. The van der Waals surface area contributed by atoms with Crippen molar-refractivity contribution in [2.75, 3.05) is 14.2 Å². The number of benzene rings is 1. The molecule has 1 saturated carbocycles. The van der Waals surface area contributed by atoms with Gasteiger partial charge in [-0.2, -0.15) is 0 Å². The van der Waals surface area contributed by atoms with Gasteiger partial charge in [0, 0.05) is 12.6 Å². The first-order chi connectivity index (χ1) is 10.2. The van der Waals surface area contributed by atoms with Crippen LogP contribution in [0.15, 0.2) is 12.1 Å². The molecule has 1 aliphatic rings. The first kappa shape index (κ1) is 16.0. The van der Waals surface area contributed by atoms with Crippen LogP contribution < -0.4 is 14.8 Å². The molecule has 0 amide bonds. The third kappa shape index (κ3) is 3.82. The normalized spacial score (nSPS) is 22.0. The summed E-state index contributed by atoms with van der Waals surface area (Å²) < 4.78 is 10.4. The van der Waals surface area contributed by atoms with E-state index in [0.29, 0.717) is 17.5 Å². The molecule has 1 fully saturated rings. The standard InChI is InChI=1S/C17H27NO3/c1-4-13-7-5-6-8-14(13)18-11-12-9-15(20-2)17(19)16(10-12)21-3/h9-10,13-14,18-19H,4-8,11H2,1-3H3. The SMILES string of the molecule is CCC1CCCCC1NCc1cc(OC)c(O)c(OC)c1.